The molecule has 6 nitrogen and oxygen atoms in total. The second-order valence-corrected chi connectivity index (χ2v) is 8.73. The summed E-state index contributed by atoms with van der Waals surface area (Å²) in [5.74, 6) is -1.23. The van der Waals surface area contributed by atoms with Gasteiger partial charge in [-0.15, -0.1) is 0 Å². The van der Waals surface area contributed by atoms with Crippen molar-refractivity contribution in [2.24, 2.45) is 0 Å². The highest BCUT2D eigenvalue weighted by atomic mass is 16.2. The summed E-state index contributed by atoms with van der Waals surface area (Å²) in [5, 5.41) is 6.14. The number of rotatable bonds is 7. The predicted octanol–water partition coefficient (Wildman–Crippen LogP) is 5.00. The number of benzene rings is 2. The van der Waals surface area contributed by atoms with Crippen LogP contribution in [0.5, 0.6) is 0 Å². The number of amides is 1. The Morgan fingerprint density at radius 1 is 0.971 bits per heavy atom. The van der Waals surface area contributed by atoms with Gasteiger partial charge in [0.1, 0.15) is 11.9 Å². The lowest BCUT2D eigenvalue weighted by molar-refractivity contribution is -0.112. The Balaban J connectivity index is 1.38. The van der Waals surface area contributed by atoms with Crippen LogP contribution in [0.3, 0.4) is 0 Å². The van der Waals surface area contributed by atoms with E-state index < -0.39 is 11.7 Å². The molecule has 2 aromatic carbocycles. The number of carbonyl (C=O) groups excluding carboxylic acids is 2. The molecule has 2 N–H and O–H groups in total. The molecular formula is C29H28N4O2. The number of fused-ring (bicyclic) bond motifs is 1. The Kier molecular flexibility index (Phi) is 6.10. The van der Waals surface area contributed by atoms with Crippen molar-refractivity contribution in [1.82, 2.24) is 14.6 Å². The van der Waals surface area contributed by atoms with E-state index in [2.05, 4.69) is 28.7 Å². The first-order valence-electron chi connectivity index (χ1n) is 11.8. The van der Waals surface area contributed by atoms with E-state index in [0.29, 0.717) is 11.4 Å². The molecule has 3 heterocycles. The lowest BCUT2D eigenvalue weighted by atomic mass is 9.99. The highest BCUT2D eigenvalue weighted by Crippen LogP contribution is 2.31. The Labute approximate surface area is 204 Å². The first-order chi connectivity index (χ1) is 17.0. The van der Waals surface area contributed by atoms with Gasteiger partial charge in [0.15, 0.2) is 0 Å². The minimum atomic E-state index is -0.657. The van der Waals surface area contributed by atoms with Crippen molar-refractivity contribution in [3.63, 3.8) is 0 Å². The van der Waals surface area contributed by atoms with Crippen LogP contribution >= 0.6 is 0 Å². The average molecular weight is 465 g/mol. The molecule has 1 aliphatic heterocycles. The molecule has 1 unspecified atom stereocenters. The van der Waals surface area contributed by atoms with Gasteiger partial charge >= 0.3 is 0 Å². The van der Waals surface area contributed by atoms with Crippen LogP contribution in [0.4, 0.5) is 5.69 Å². The molecule has 0 saturated carbocycles. The number of nitrogens with one attached hydrogen (secondary N) is 2. The summed E-state index contributed by atoms with van der Waals surface area (Å²) in [6, 6.07) is 23.2. The molecule has 1 aliphatic rings. The molecule has 2 aromatic heterocycles. The molecule has 1 atom stereocenters. The fraction of sp³-hybridized carbons (Fsp3) is 0.172. The number of anilines is 1. The van der Waals surface area contributed by atoms with Crippen molar-refractivity contribution >= 4 is 22.9 Å². The molecule has 4 aromatic rings. The molecule has 0 fully saturated rings. The van der Waals surface area contributed by atoms with E-state index in [1.54, 1.807) is 4.40 Å². The smallest absolute Gasteiger partial charge is 0.298 e. The summed E-state index contributed by atoms with van der Waals surface area (Å²) in [5.41, 5.74) is 5.70. The van der Waals surface area contributed by atoms with Crippen molar-refractivity contribution in [2.75, 3.05) is 11.9 Å². The van der Waals surface area contributed by atoms with E-state index in [1.165, 1.54) is 0 Å². The lowest BCUT2D eigenvalue weighted by Gasteiger charge is -2.24. The second kappa shape index (κ2) is 9.50. The van der Waals surface area contributed by atoms with E-state index in [1.807, 2.05) is 92.1 Å². The monoisotopic (exact) mass is 464 g/mol. The molecule has 0 aliphatic carbocycles. The van der Waals surface area contributed by atoms with Crippen molar-refractivity contribution in [2.45, 2.75) is 26.4 Å². The molecule has 0 spiro atoms. The van der Waals surface area contributed by atoms with Crippen LogP contribution in [0.25, 0.3) is 16.6 Å². The number of carbonyl (C=O) groups is 2. The third kappa shape index (κ3) is 4.43. The molecule has 0 bridgehead atoms. The van der Waals surface area contributed by atoms with Gasteiger partial charge in [-0.3, -0.25) is 9.59 Å². The van der Waals surface area contributed by atoms with Gasteiger partial charge in [-0.25, -0.2) is 0 Å². The summed E-state index contributed by atoms with van der Waals surface area (Å²) in [6.45, 7) is 5.06. The number of nitrogens with zero attached hydrogens (tertiary/aromatic N) is 2. The van der Waals surface area contributed by atoms with Crippen LogP contribution in [-0.4, -0.2) is 33.7 Å². The van der Waals surface area contributed by atoms with Gasteiger partial charge in [0, 0.05) is 48.3 Å². The molecule has 0 saturated heterocycles. The Hall–Kier alpha value is -4.32. The predicted molar refractivity (Wildman–Crippen MR) is 139 cm³/mol. The maximum atomic E-state index is 13.4. The normalized spacial score (nSPS) is 14.8. The molecule has 176 valence electrons. The second-order valence-electron chi connectivity index (χ2n) is 8.73. The van der Waals surface area contributed by atoms with Crippen LogP contribution in [0, 0.1) is 6.92 Å². The molecule has 0 radical (unpaired) electrons. The van der Waals surface area contributed by atoms with E-state index in [-0.39, 0.29) is 6.17 Å². The van der Waals surface area contributed by atoms with Crippen LogP contribution in [0.1, 0.15) is 28.5 Å². The third-order valence-corrected chi connectivity index (χ3v) is 6.50. The quantitative estimate of drug-likeness (QED) is 0.298. The first-order valence-corrected chi connectivity index (χ1v) is 11.8. The first kappa shape index (κ1) is 22.5. The number of hydrogen-bond donors (Lipinski definition) is 2. The summed E-state index contributed by atoms with van der Waals surface area (Å²) in [4.78, 5) is 28.8. The van der Waals surface area contributed by atoms with Gasteiger partial charge in [0.2, 0.25) is 0 Å². The maximum absolute atomic E-state index is 13.4. The maximum Gasteiger partial charge on any atom is 0.298 e. The number of aryl methyl sites for hydroxylation is 1. The fourth-order valence-electron chi connectivity index (χ4n) is 4.63. The number of hydrogen-bond acceptors (Lipinski definition) is 4. The SMILES string of the molecule is CCN1C=CNC1Cc1ccc(NC(=O)C(=O)c2c(-c3ccccc3C)cc3ccccn23)cc1. The van der Waals surface area contributed by atoms with Gasteiger partial charge < -0.3 is 19.9 Å². The van der Waals surface area contributed by atoms with Crippen molar-refractivity contribution in [3.8, 4) is 11.1 Å². The van der Waals surface area contributed by atoms with Crippen LogP contribution < -0.4 is 10.6 Å². The van der Waals surface area contributed by atoms with E-state index in [9.17, 15) is 9.59 Å². The number of Topliss-reactive ketones (excluding diaryl/α,β-unsaturated/α-hetero) is 1. The Morgan fingerprint density at radius 3 is 2.51 bits per heavy atom. The average Bonchev–Trinajstić information content (AvgIpc) is 3.49. The molecule has 1 amide bonds. The number of ketones is 1. The Bertz CT molecular complexity index is 1420. The van der Waals surface area contributed by atoms with Crippen LogP contribution in [0.2, 0.25) is 0 Å². The topological polar surface area (TPSA) is 65.8 Å². The van der Waals surface area contributed by atoms with Gasteiger partial charge in [0.05, 0.1) is 0 Å². The zero-order chi connectivity index (χ0) is 24.4. The summed E-state index contributed by atoms with van der Waals surface area (Å²) < 4.78 is 1.79. The minimum Gasteiger partial charge on any atom is -0.370 e. The molecular weight excluding hydrogens is 436 g/mol. The minimum absolute atomic E-state index is 0.226. The van der Waals surface area contributed by atoms with Crippen molar-refractivity contribution in [1.29, 1.82) is 0 Å². The van der Waals surface area contributed by atoms with Gasteiger partial charge in [-0.1, -0.05) is 42.5 Å². The molecule has 6 heteroatoms. The lowest BCUT2D eigenvalue weighted by Crippen LogP contribution is -2.36. The highest BCUT2D eigenvalue weighted by molar-refractivity contribution is 6.47. The van der Waals surface area contributed by atoms with E-state index in [0.717, 1.165) is 40.7 Å². The fourth-order valence-corrected chi connectivity index (χ4v) is 4.63. The van der Waals surface area contributed by atoms with Crippen LogP contribution in [0.15, 0.2) is 91.4 Å². The Morgan fingerprint density at radius 2 is 1.74 bits per heavy atom. The zero-order valence-electron chi connectivity index (χ0n) is 19.9. The number of aromatic nitrogens is 1. The number of pyridine rings is 1. The zero-order valence-corrected chi connectivity index (χ0v) is 19.9. The summed E-state index contributed by atoms with van der Waals surface area (Å²) in [7, 11) is 0. The third-order valence-electron chi connectivity index (χ3n) is 6.50. The van der Waals surface area contributed by atoms with Gasteiger partial charge in [-0.05, 0) is 60.9 Å². The summed E-state index contributed by atoms with van der Waals surface area (Å²) in [6.07, 6.45) is 6.90. The van der Waals surface area contributed by atoms with E-state index >= 15 is 0 Å². The molecule has 35 heavy (non-hydrogen) atoms. The van der Waals surface area contributed by atoms with Crippen molar-refractivity contribution in [3.05, 3.63) is 108 Å². The standard InChI is InChI=1S/C29H28N4O2/c1-3-32-17-15-30-26(32)18-21-11-13-22(14-12-21)31-29(35)28(34)27-25(24-10-5-4-8-20(24)2)19-23-9-6-7-16-33(23)27/h4-17,19,26,30H,3,18H2,1-2H3,(H,31,35). The molecule has 5 rings (SSSR count). The highest BCUT2D eigenvalue weighted by Gasteiger charge is 2.25. The van der Waals surface area contributed by atoms with Gasteiger partial charge in [-0.2, -0.15) is 0 Å². The van der Waals surface area contributed by atoms with E-state index in [4.69, 9.17) is 0 Å². The largest absolute Gasteiger partial charge is 0.370 e. The van der Waals surface area contributed by atoms with Crippen LogP contribution in [-0.2, 0) is 11.2 Å². The van der Waals surface area contributed by atoms with Crippen molar-refractivity contribution < 1.29 is 9.59 Å². The number of likely N-dealkylation sites (N-methyl/N-ethyl adjacent to an activating group) is 1. The van der Waals surface area contributed by atoms with Gasteiger partial charge in [0.25, 0.3) is 11.7 Å². The summed E-state index contributed by atoms with van der Waals surface area (Å²) >= 11 is 0.